The maximum atomic E-state index is 13.2. The van der Waals surface area contributed by atoms with E-state index in [-0.39, 0.29) is 12.2 Å². The Morgan fingerprint density at radius 1 is 1.28 bits per heavy atom. The molecule has 3 rings (SSSR count). The van der Waals surface area contributed by atoms with Crippen LogP contribution in [0, 0.1) is 28.4 Å². The Hall–Kier alpha value is -1.47. The van der Waals surface area contributed by atoms with E-state index in [0.717, 1.165) is 18.9 Å². The first-order valence-corrected chi connectivity index (χ1v) is 6.13. The van der Waals surface area contributed by atoms with Crippen molar-refractivity contribution in [3.63, 3.8) is 0 Å². The van der Waals surface area contributed by atoms with E-state index in [1.165, 1.54) is 12.1 Å². The number of ether oxygens (including phenoxy) is 1. The summed E-state index contributed by atoms with van der Waals surface area (Å²) in [5.74, 6) is -1.19. The third-order valence-electron chi connectivity index (χ3n) is 3.98. The summed E-state index contributed by atoms with van der Waals surface area (Å²) < 4.78 is 32.0. The summed E-state index contributed by atoms with van der Waals surface area (Å²) in [7, 11) is 0. The zero-order chi connectivity index (χ0) is 12.8. The average molecular weight is 249 g/mol. The maximum Gasteiger partial charge on any atom is 0.126 e. The van der Waals surface area contributed by atoms with Crippen LogP contribution in [-0.2, 0) is 11.2 Å². The molecule has 2 fully saturated rings. The Morgan fingerprint density at radius 2 is 2.00 bits per heavy atom. The van der Waals surface area contributed by atoms with Crippen LogP contribution in [0.3, 0.4) is 0 Å². The summed E-state index contributed by atoms with van der Waals surface area (Å²) in [4.78, 5) is 0. The van der Waals surface area contributed by atoms with Crippen LogP contribution in [0.15, 0.2) is 18.2 Å². The number of rotatable bonds is 2. The van der Waals surface area contributed by atoms with Crippen molar-refractivity contribution in [3.8, 4) is 6.07 Å². The van der Waals surface area contributed by atoms with E-state index in [0.29, 0.717) is 18.4 Å². The zero-order valence-electron chi connectivity index (χ0n) is 9.83. The maximum absolute atomic E-state index is 13.2. The molecular weight excluding hydrogens is 236 g/mol. The number of hydrogen-bond acceptors (Lipinski definition) is 2. The fraction of sp³-hybridized carbons (Fsp3) is 0.500. The van der Waals surface area contributed by atoms with Gasteiger partial charge in [0.2, 0.25) is 0 Å². The molecule has 0 saturated carbocycles. The third-order valence-corrected chi connectivity index (χ3v) is 3.98. The molecule has 0 radical (unpaired) electrons. The highest BCUT2D eigenvalue weighted by Gasteiger charge is 2.52. The van der Waals surface area contributed by atoms with Crippen LogP contribution in [0.4, 0.5) is 8.78 Å². The molecule has 18 heavy (non-hydrogen) atoms. The number of hydrogen-bond donors (Lipinski definition) is 0. The Balaban J connectivity index is 1.89. The van der Waals surface area contributed by atoms with Gasteiger partial charge in [-0.25, -0.2) is 8.78 Å². The van der Waals surface area contributed by atoms with E-state index >= 15 is 0 Å². The Labute approximate surface area is 104 Å². The molecule has 1 aromatic rings. The second kappa shape index (κ2) is 4.03. The number of halogens is 2. The van der Waals surface area contributed by atoms with Gasteiger partial charge in [0, 0.05) is 6.07 Å². The van der Waals surface area contributed by atoms with E-state index in [1.54, 1.807) is 0 Å². The molecule has 3 atom stereocenters. The van der Waals surface area contributed by atoms with Crippen molar-refractivity contribution >= 4 is 0 Å². The van der Waals surface area contributed by atoms with Crippen molar-refractivity contribution in [3.05, 3.63) is 35.4 Å². The predicted molar refractivity (Wildman–Crippen MR) is 60.6 cm³/mol. The van der Waals surface area contributed by atoms with Gasteiger partial charge in [-0.05, 0) is 43.4 Å². The molecule has 2 saturated heterocycles. The van der Waals surface area contributed by atoms with Crippen LogP contribution in [0.5, 0.6) is 0 Å². The van der Waals surface area contributed by atoms with Crippen LogP contribution in [0.25, 0.3) is 0 Å². The molecule has 2 aliphatic rings. The Kier molecular flexibility index (Phi) is 2.60. The number of benzene rings is 1. The molecule has 0 aromatic heterocycles. The normalized spacial score (nSPS) is 33.6. The molecule has 2 aliphatic heterocycles. The van der Waals surface area contributed by atoms with Crippen molar-refractivity contribution in [1.29, 1.82) is 5.26 Å². The van der Waals surface area contributed by atoms with E-state index in [1.807, 2.05) is 0 Å². The predicted octanol–water partition coefficient (Wildman–Crippen LogP) is 2.97. The number of nitriles is 1. The molecule has 94 valence electrons. The van der Waals surface area contributed by atoms with Gasteiger partial charge in [0.1, 0.15) is 11.6 Å². The van der Waals surface area contributed by atoms with Crippen molar-refractivity contribution in [2.75, 3.05) is 0 Å². The highest BCUT2D eigenvalue weighted by Crippen LogP contribution is 2.49. The minimum Gasteiger partial charge on any atom is -0.373 e. The number of fused-ring (bicyclic) bond motifs is 2. The van der Waals surface area contributed by atoms with Gasteiger partial charge in [-0.2, -0.15) is 5.26 Å². The first kappa shape index (κ1) is 11.6. The SMILES string of the molecule is N#CC1(Cc2cc(F)cc(F)c2)CC2CCC1O2. The fourth-order valence-electron chi connectivity index (χ4n) is 3.22. The van der Waals surface area contributed by atoms with E-state index in [4.69, 9.17) is 4.74 Å². The molecule has 3 unspecified atom stereocenters. The fourth-order valence-corrected chi connectivity index (χ4v) is 3.22. The van der Waals surface area contributed by atoms with Crippen LogP contribution in [0.2, 0.25) is 0 Å². The van der Waals surface area contributed by atoms with Crippen molar-refractivity contribution in [1.82, 2.24) is 0 Å². The molecule has 0 N–H and O–H groups in total. The van der Waals surface area contributed by atoms with Crippen LogP contribution < -0.4 is 0 Å². The lowest BCUT2D eigenvalue weighted by Crippen LogP contribution is -2.33. The summed E-state index contributed by atoms with van der Waals surface area (Å²) in [6, 6.07) is 5.77. The lowest BCUT2D eigenvalue weighted by molar-refractivity contribution is 0.0787. The standard InChI is InChI=1S/C14H13F2NO/c15-10-3-9(4-11(16)5-10)6-14(8-17)7-12-1-2-13(14)18-12/h3-5,12-13H,1-2,6-7H2. The summed E-state index contributed by atoms with van der Waals surface area (Å²) in [6.07, 6.45) is 2.96. The van der Waals surface area contributed by atoms with Gasteiger partial charge in [-0.1, -0.05) is 0 Å². The van der Waals surface area contributed by atoms with Gasteiger partial charge in [0.25, 0.3) is 0 Å². The molecule has 2 bridgehead atoms. The Morgan fingerprint density at radius 3 is 2.50 bits per heavy atom. The molecular formula is C14H13F2NO. The minimum atomic E-state index is -0.608. The van der Waals surface area contributed by atoms with E-state index in [2.05, 4.69) is 6.07 Å². The third kappa shape index (κ3) is 1.79. The van der Waals surface area contributed by atoms with Gasteiger partial charge in [0.15, 0.2) is 0 Å². The second-order valence-corrected chi connectivity index (χ2v) is 5.25. The average Bonchev–Trinajstić information content (AvgIpc) is 2.88. The van der Waals surface area contributed by atoms with Gasteiger partial charge in [-0.3, -0.25) is 0 Å². The van der Waals surface area contributed by atoms with Crippen LogP contribution in [-0.4, -0.2) is 12.2 Å². The molecule has 2 heterocycles. The Bertz CT molecular complexity index is 505. The number of nitrogens with zero attached hydrogens (tertiary/aromatic N) is 1. The van der Waals surface area contributed by atoms with Crippen LogP contribution >= 0.6 is 0 Å². The molecule has 4 heteroatoms. The second-order valence-electron chi connectivity index (χ2n) is 5.25. The van der Waals surface area contributed by atoms with Gasteiger partial charge in [-0.15, -0.1) is 0 Å². The quantitative estimate of drug-likeness (QED) is 0.807. The topological polar surface area (TPSA) is 33.0 Å². The van der Waals surface area contributed by atoms with Crippen molar-refractivity contribution < 1.29 is 13.5 Å². The summed E-state index contributed by atoms with van der Waals surface area (Å²) in [5.41, 5.74) is -0.0754. The monoisotopic (exact) mass is 249 g/mol. The van der Waals surface area contributed by atoms with Gasteiger partial charge < -0.3 is 4.74 Å². The lowest BCUT2D eigenvalue weighted by atomic mass is 9.71. The van der Waals surface area contributed by atoms with Crippen molar-refractivity contribution in [2.24, 2.45) is 5.41 Å². The van der Waals surface area contributed by atoms with Gasteiger partial charge in [0.05, 0.1) is 23.7 Å². The smallest absolute Gasteiger partial charge is 0.126 e. The first-order chi connectivity index (χ1) is 8.61. The molecule has 0 aliphatic carbocycles. The highest BCUT2D eigenvalue weighted by molar-refractivity contribution is 5.24. The van der Waals surface area contributed by atoms with Gasteiger partial charge >= 0.3 is 0 Å². The molecule has 0 spiro atoms. The molecule has 2 nitrogen and oxygen atoms in total. The molecule has 1 aromatic carbocycles. The zero-order valence-corrected chi connectivity index (χ0v) is 9.83. The summed E-state index contributed by atoms with van der Waals surface area (Å²) in [6.45, 7) is 0. The first-order valence-electron chi connectivity index (χ1n) is 6.13. The summed E-state index contributed by atoms with van der Waals surface area (Å²) >= 11 is 0. The largest absolute Gasteiger partial charge is 0.373 e. The van der Waals surface area contributed by atoms with Crippen molar-refractivity contribution in [2.45, 2.75) is 37.9 Å². The minimum absolute atomic E-state index is 0.0844. The molecule has 0 amide bonds. The van der Waals surface area contributed by atoms with Crippen LogP contribution in [0.1, 0.15) is 24.8 Å². The van der Waals surface area contributed by atoms with E-state index in [9.17, 15) is 14.0 Å². The lowest BCUT2D eigenvalue weighted by Gasteiger charge is -2.28. The summed E-state index contributed by atoms with van der Waals surface area (Å²) in [5, 5.41) is 9.42. The van der Waals surface area contributed by atoms with E-state index < -0.39 is 17.0 Å². The highest BCUT2D eigenvalue weighted by atomic mass is 19.1.